The van der Waals surface area contributed by atoms with Crippen molar-refractivity contribution >= 4 is 23.0 Å². The van der Waals surface area contributed by atoms with Crippen LogP contribution in [0.25, 0.3) is 0 Å². The van der Waals surface area contributed by atoms with Gasteiger partial charge in [-0.25, -0.2) is 4.98 Å². The normalized spacial score (nSPS) is 15.4. The van der Waals surface area contributed by atoms with Crippen LogP contribution in [0.15, 0.2) is 29.3 Å². The van der Waals surface area contributed by atoms with E-state index in [1.165, 1.54) is 34.1 Å². The van der Waals surface area contributed by atoms with E-state index in [0.29, 0.717) is 0 Å². The van der Waals surface area contributed by atoms with Gasteiger partial charge in [0.05, 0.1) is 10.7 Å². The molecule has 1 aromatic heterocycles. The lowest BCUT2D eigenvalue weighted by atomic mass is 10.2. The molecular weight excluding hydrogens is 404 g/mol. The maximum atomic E-state index is 4.60. The van der Waals surface area contributed by atoms with Gasteiger partial charge in [0.25, 0.3) is 0 Å². The predicted molar refractivity (Wildman–Crippen MR) is 134 cm³/mol. The molecule has 0 amide bonds. The molecule has 0 bridgehead atoms. The average Bonchev–Trinajstić information content (AvgIpc) is 3.09. The highest BCUT2D eigenvalue weighted by Gasteiger charge is 2.16. The SMILES string of the molecule is CN=C(NCCCCN1CCN(c2cccc(C)c2)CC1)NCCc1nc(C)c(C)s1. The van der Waals surface area contributed by atoms with Crippen LogP contribution in [0.1, 0.15) is 34.0 Å². The standard InChI is InChI=1S/C24H38N6S/c1-19-8-7-9-22(18-19)30-16-14-29(15-17-30)13-6-5-11-26-24(25-4)27-12-10-23-28-20(2)21(3)31-23/h7-9,18H,5-6,10-17H2,1-4H3,(H2,25,26,27). The van der Waals surface area contributed by atoms with Crippen molar-refractivity contribution in [3.8, 4) is 0 Å². The van der Waals surface area contributed by atoms with Crippen LogP contribution in [-0.2, 0) is 6.42 Å². The number of aliphatic imine (C=N–C) groups is 1. The zero-order chi connectivity index (χ0) is 22.1. The summed E-state index contributed by atoms with van der Waals surface area (Å²) in [5, 5.41) is 8.03. The minimum absolute atomic E-state index is 0.858. The third kappa shape index (κ3) is 7.51. The fraction of sp³-hybridized carbons (Fsp3) is 0.583. The number of guanidine groups is 1. The number of thiazole rings is 1. The number of anilines is 1. The van der Waals surface area contributed by atoms with Crippen LogP contribution in [0, 0.1) is 20.8 Å². The number of piperazine rings is 1. The Morgan fingerprint density at radius 3 is 2.52 bits per heavy atom. The van der Waals surface area contributed by atoms with Crippen molar-refractivity contribution in [1.29, 1.82) is 0 Å². The van der Waals surface area contributed by atoms with E-state index in [-0.39, 0.29) is 0 Å². The second-order valence-corrected chi connectivity index (χ2v) is 9.59. The molecule has 7 heteroatoms. The highest BCUT2D eigenvalue weighted by atomic mass is 32.1. The molecule has 0 atom stereocenters. The van der Waals surface area contributed by atoms with E-state index in [9.17, 15) is 0 Å². The molecule has 0 aliphatic carbocycles. The first kappa shape index (κ1) is 23.5. The average molecular weight is 443 g/mol. The van der Waals surface area contributed by atoms with Crippen LogP contribution >= 0.6 is 11.3 Å². The summed E-state index contributed by atoms with van der Waals surface area (Å²) in [6.07, 6.45) is 3.31. The van der Waals surface area contributed by atoms with Crippen molar-refractivity contribution < 1.29 is 0 Å². The van der Waals surface area contributed by atoms with Crippen molar-refractivity contribution in [2.75, 3.05) is 57.8 Å². The number of rotatable bonds is 9. The summed E-state index contributed by atoms with van der Waals surface area (Å²) in [6.45, 7) is 13.9. The van der Waals surface area contributed by atoms with Gasteiger partial charge in [0.2, 0.25) is 0 Å². The first-order chi connectivity index (χ1) is 15.0. The van der Waals surface area contributed by atoms with Gasteiger partial charge in [-0.3, -0.25) is 9.89 Å². The van der Waals surface area contributed by atoms with Crippen LogP contribution < -0.4 is 15.5 Å². The second-order valence-electron chi connectivity index (χ2n) is 8.30. The lowest BCUT2D eigenvalue weighted by Gasteiger charge is -2.36. The Bertz CT molecular complexity index is 819. The molecule has 1 aliphatic rings. The molecule has 1 aromatic carbocycles. The number of nitrogens with zero attached hydrogens (tertiary/aromatic N) is 4. The van der Waals surface area contributed by atoms with Crippen LogP contribution in [0.5, 0.6) is 0 Å². The number of nitrogens with one attached hydrogen (secondary N) is 2. The quantitative estimate of drug-likeness (QED) is 0.354. The fourth-order valence-electron chi connectivity index (χ4n) is 3.88. The molecule has 0 radical (unpaired) electrons. The van der Waals surface area contributed by atoms with Gasteiger partial charge in [-0.15, -0.1) is 11.3 Å². The highest BCUT2D eigenvalue weighted by molar-refractivity contribution is 7.11. The van der Waals surface area contributed by atoms with Gasteiger partial charge in [-0.1, -0.05) is 12.1 Å². The summed E-state index contributed by atoms with van der Waals surface area (Å²) >= 11 is 1.79. The van der Waals surface area contributed by atoms with E-state index in [4.69, 9.17) is 0 Å². The van der Waals surface area contributed by atoms with Crippen molar-refractivity contribution in [3.63, 3.8) is 0 Å². The van der Waals surface area contributed by atoms with Gasteiger partial charge >= 0.3 is 0 Å². The largest absolute Gasteiger partial charge is 0.369 e. The summed E-state index contributed by atoms with van der Waals surface area (Å²) < 4.78 is 0. The predicted octanol–water partition coefficient (Wildman–Crippen LogP) is 3.38. The van der Waals surface area contributed by atoms with E-state index < -0.39 is 0 Å². The summed E-state index contributed by atoms with van der Waals surface area (Å²) in [5.74, 6) is 0.886. The molecule has 2 heterocycles. The first-order valence-electron chi connectivity index (χ1n) is 11.5. The van der Waals surface area contributed by atoms with E-state index >= 15 is 0 Å². The number of aromatic nitrogens is 1. The van der Waals surface area contributed by atoms with Crippen LogP contribution in [-0.4, -0.2) is 68.7 Å². The molecule has 1 aliphatic heterocycles. The summed E-state index contributed by atoms with van der Waals surface area (Å²) in [6, 6.07) is 8.85. The third-order valence-corrected chi connectivity index (χ3v) is 6.99. The van der Waals surface area contributed by atoms with E-state index in [0.717, 1.165) is 63.8 Å². The maximum absolute atomic E-state index is 4.60. The Balaban J connectivity index is 1.25. The molecule has 2 N–H and O–H groups in total. The van der Waals surface area contributed by atoms with Crippen LogP contribution in [0.2, 0.25) is 0 Å². The molecule has 31 heavy (non-hydrogen) atoms. The molecule has 3 rings (SSSR count). The molecule has 6 nitrogen and oxygen atoms in total. The van der Waals surface area contributed by atoms with Gasteiger partial charge in [0.15, 0.2) is 5.96 Å². The van der Waals surface area contributed by atoms with Gasteiger partial charge < -0.3 is 15.5 Å². The smallest absolute Gasteiger partial charge is 0.190 e. The molecule has 2 aromatic rings. The number of hydrogen-bond acceptors (Lipinski definition) is 5. The molecule has 170 valence electrons. The molecule has 0 spiro atoms. The lowest BCUT2D eigenvalue weighted by Crippen LogP contribution is -2.46. The van der Waals surface area contributed by atoms with Crippen molar-refractivity contribution in [2.45, 2.75) is 40.0 Å². The van der Waals surface area contributed by atoms with E-state index in [1.54, 1.807) is 11.3 Å². The summed E-state index contributed by atoms with van der Waals surface area (Å²) in [7, 11) is 1.83. The Morgan fingerprint density at radius 1 is 1.06 bits per heavy atom. The molecule has 1 fully saturated rings. The van der Waals surface area contributed by atoms with E-state index in [1.807, 2.05) is 7.05 Å². The van der Waals surface area contributed by atoms with Crippen molar-refractivity contribution in [2.24, 2.45) is 4.99 Å². The Morgan fingerprint density at radius 2 is 1.84 bits per heavy atom. The van der Waals surface area contributed by atoms with Crippen molar-refractivity contribution in [3.05, 3.63) is 45.4 Å². The maximum Gasteiger partial charge on any atom is 0.190 e. The van der Waals surface area contributed by atoms with Crippen LogP contribution in [0.3, 0.4) is 0 Å². The zero-order valence-electron chi connectivity index (χ0n) is 19.6. The number of hydrogen-bond donors (Lipinski definition) is 2. The van der Waals surface area contributed by atoms with Crippen molar-refractivity contribution in [1.82, 2.24) is 20.5 Å². The first-order valence-corrected chi connectivity index (χ1v) is 12.3. The van der Waals surface area contributed by atoms with E-state index in [2.05, 4.69) is 75.4 Å². The third-order valence-electron chi connectivity index (χ3n) is 5.86. The molecular formula is C24H38N6S. The topological polar surface area (TPSA) is 55.8 Å². The molecule has 1 saturated heterocycles. The lowest BCUT2D eigenvalue weighted by molar-refractivity contribution is 0.253. The Hall–Kier alpha value is -2.12. The second kappa shape index (κ2) is 12.1. The van der Waals surface area contributed by atoms with Crippen LogP contribution in [0.4, 0.5) is 5.69 Å². The van der Waals surface area contributed by atoms with Gasteiger partial charge in [0.1, 0.15) is 0 Å². The summed E-state index contributed by atoms with van der Waals surface area (Å²) in [4.78, 5) is 15.4. The number of benzene rings is 1. The minimum Gasteiger partial charge on any atom is -0.369 e. The number of aryl methyl sites for hydroxylation is 3. The Kier molecular flexibility index (Phi) is 9.15. The summed E-state index contributed by atoms with van der Waals surface area (Å²) in [5.41, 5.74) is 3.85. The van der Waals surface area contributed by atoms with Gasteiger partial charge in [-0.05, 0) is 57.9 Å². The minimum atomic E-state index is 0.858. The Labute approximate surface area is 191 Å². The highest BCUT2D eigenvalue weighted by Crippen LogP contribution is 2.18. The monoisotopic (exact) mass is 442 g/mol. The van der Waals surface area contributed by atoms with Gasteiger partial charge in [0, 0.05) is 63.3 Å². The number of unbranched alkanes of at least 4 members (excludes halogenated alkanes) is 1. The zero-order valence-corrected chi connectivity index (χ0v) is 20.4. The van der Waals surface area contributed by atoms with Gasteiger partial charge in [-0.2, -0.15) is 0 Å². The fourth-order valence-corrected chi connectivity index (χ4v) is 4.81. The molecule has 0 unspecified atom stereocenters. The molecule has 0 saturated carbocycles.